The van der Waals surface area contributed by atoms with Gasteiger partial charge in [0.1, 0.15) is 12.4 Å². The molecule has 1 heterocycles. The zero-order chi connectivity index (χ0) is 23.8. The second-order valence-corrected chi connectivity index (χ2v) is 7.96. The number of hydrogen-bond acceptors (Lipinski definition) is 6. The fourth-order valence-electron chi connectivity index (χ4n) is 4.01. The molecule has 1 aliphatic carbocycles. The van der Waals surface area contributed by atoms with Crippen LogP contribution in [-0.2, 0) is 14.3 Å². The molecule has 0 spiro atoms. The maximum Gasteiger partial charge on any atom is 0.338 e. The maximum atomic E-state index is 13.1. The van der Waals surface area contributed by atoms with E-state index in [0.717, 1.165) is 5.56 Å². The predicted molar refractivity (Wildman–Crippen MR) is 124 cm³/mol. The van der Waals surface area contributed by atoms with Crippen molar-refractivity contribution in [2.75, 3.05) is 11.9 Å². The molecule has 7 nitrogen and oxygen atoms in total. The molecule has 5 rings (SSSR count). The molecule has 0 bridgehead atoms. The second kappa shape index (κ2) is 8.44. The molecule has 1 amide bonds. The summed E-state index contributed by atoms with van der Waals surface area (Å²) in [5, 5.41) is 2.64. The Balaban J connectivity index is 1.34. The third kappa shape index (κ3) is 3.67. The zero-order valence-corrected chi connectivity index (χ0v) is 18.2. The van der Waals surface area contributed by atoms with Crippen molar-refractivity contribution in [3.05, 3.63) is 100 Å². The summed E-state index contributed by atoms with van der Waals surface area (Å²) in [5.41, 5.74) is 2.17. The van der Waals surface area contributed by atoms with Crippen LogP contribution in [0.2, 0.25) is 0 Å². The van der Waals surface area contributed by atoms with E-state index in [2.05, 4.69) is 5.32 Å². The van der Waals surface area contributed by atoms with Crippen molar-refractivity contribution in [3.8, 4) is 5.75 Å². The largest absolute Gasteiger partial charge is 0.488 e. The molecule has 0 saturated carbocycles. The Morgan fingerprint density at radius 2 is 1.56 bits per heavy atom. The smallest absolute Gasteiger partial charge is 0.338 e. The first kappa shape index (κ1) is 21.3. The number of carbonyl (C=O) groups excluding carboxylic acids is 4. The number of fused-ring (bicyclic) bond motifs is 3. The lowest BCUT2D eigenvalue weighted by Gasteiger charge is -2.22. The number of ether oxygens (including phenoxy) is 2. The number of benzene rings is 3. The molecule has 2 aliphatic rings. The van der Waals surface area contributed by atoms with E-state index in [-0.39, 0.29) is 46.1 Å². The van der Waals surface area contributed by atoms with E-state index in [9.17, 15) is 19.2 Å². The van der Waals surface area contributed by atoms with E-state index in [1.807, 2.05) is 18.2 Å². The van der Waals surface area contributed by atoms with Gasteiger partial charge in [0.2, 0.25) is 0 Å². The van der Waals surface area contributed by atoms with Gasteiger partial charge in [-0.3, -0.25) is 14.4 Å². The van der Waals surface area contributed by atoms with Gasteiger partial charge < -0.3 is 14.8 Å². The molecule has 0 radical (unpaired) electrons. The standard InChI is InChI=1S/C27H19NO6/c1-15(34-27(32)17-13-16-7-2-5-12-22(16)33-14-17)26(31)28-21-11-6-10-20-23(21)25(30)19-9-4-3-8-18(19)24(20)29/h2-13,15H,14H2,1H3,(H,28,31). The maximum absolute atomic E-state index is 13.1. The van der Waals surface area contributed by atoms with Crippen LogP contribution in [0.5, 0.6) is 5.75 Å². The van der Waals surface area contributed by atoms with E-state index in [0.29, 0.717) is 11.3 Å². The third-order valence-corrected chi connectivity index (χ3v) is 5.76. The lowest BCUT2D eigenvalue weighted by molar-refractivity contribution is -0.149. The van der Waals surface area contributed by atoms with Crippen LogP contribution in [-0.4, -0.2) is 36.2 Å². The first-order valence-corrected chi connectivity index (χ1v) is 10.7. The highest BCUT2D eigenvalue weighted by Crippen LogP contribution is 2.32. The predicted octanol–water partition coefficient (Wildman–Crippen LogP) is 3.81. The number of amides is 1. The van der Waals surface area contributed by atoms with Crippen LogP contribution in [0.4, 0.5) is 5.69 Å². The summed E-state index contributed by atoms with van der Waals surface area (Å²) in [6.45, 7) is 1.47. The Bertz CT molecular complexity index is 1400. The minimum atomic E-state index is -1.15. The van der Waals surface area contributed by atoms with Crippen molar-refractivity contribution >= 4 is 35.2 Å². The van der Waals surface area contributed by atoms with Crippen LogP contribution in [0, 0.1) is 0 Å². The minimum absolute atomic E-state index is 0.0341. The molecule has 3 aromatic rings. The summed E-state index contributed by atoms with van der Waals surface area (Å²) >= 11 is 0. The molecule has 0 saturated heterocycles. The molecule has 7 heteroatoms. The van der Waals surface area contributed by atoms with Crippen molar-refractivity contribution in [3.63, 3.8) is 0 Å². The first-order valence-electron chi connectivity index (χ1n) is 10.7. The molecular weight excluding hydrogens is 434 g/mol. The van der Waals surface area contributed by atoms with Gasteiger partial charge in [0, 0.05) is 22.3 Å². The normalized spacial score (nSPS) is 14.6. The molecular formula is C27H19NO6. The van der Waals surface area contributed by atoms with Crippen molar-refractivity contribution in [1.82, 2.24) is 0 Å². The van der Waals surface area contributed by atoms with Crippen LogP contribution in [0.25, 0.3) is 6.08 Å². The Kier molecular flexibility index (Phi) is 5.30. The Morgan fingerprint density at radius 1 is 0.882 bits per heavy atom. The van der Waals surface area contributed by atoms with E-state index < -0.39 is 18.0 Å². The van der Waals surface area contributed by atoms with Gasteiger partial charge >= 0.3 is 5.97 Å². The number of ketones is 2. The van der Waals surface area contributed by atoms with Crippen LogP contribution >= 0.6 is 0 Å². The topological polar surface area (TPSA) is 98.8 Å². The van der Waals surface area contributed by atoms with Gasteiger partial charge in [-0.05, 0) is 25.1 Å². The molecule has 0 aromatic heterocycles. The summed E-state index contributed by atoms with van der Waals surface area (Å²) < 4.78 is 10.9. The molecule has 1 N–H and O–H groups in total. The minimum Gasteiger partial charge on any atom is -0.488 e. The second-order valence-electron chi connectivity index (χ2n) is 7.96. The van der Waals surface area contributed by atoms with E-state index >= 15 is 0 Å². The van der Waals surface area contributed by atoms with Gasteiger partial charge in [-0.15, -0.1) is 0 Å². The van der Waals surface area contributed by atoms with Crippen molar-refractivity contribution in [1.29, 1.82) is 0 Å². The zero-order valence-electron chi connectivity index (χ0n) is 18.2. The molecule has 3 aromatic carbocycles. The number of para-hydroxylation sites is 1. The highest BCUT2D eigenvalue weighted by molar-refractivity contribution is 6.30. The Labute approximate surface area is 195 Å². The Morgan fingerprint density at radius 3 is 2.35 bits per heavy atom. The first-order chi connectivity index (χ1) is 16.4. The van der Waals surface area contributed by atoms with Gasteiger partial charge in [0.05, 0.1) is 16.8 Å². The number of nitrogens with one attached hydrogen (secondary N) is 1. The number of esters is 1. The van der Waals surface area contributed by atoms with E-state index in [1.54, 1.807) is 54.6 Å². The molecule has 1 unspecified atom stereocenters. The van der Waals surface area contributed by atoms with Gasteiger partial charge in [-0.1, -0.05) is 54.6 Å². The average molecular weight is 453 g/mol. The van der Waals surface area contributed by atoms with Gasteiger partial charge in [0.25, 0.3) is 5.91 Å². The van der Waals surface area contributed by atoms with Gasteiger partial charge in [0.15, 0.2) is 17.7 Å². The van der Waals surface area contributed by atoms with Crippen LogP contribution < -0.4 is 10.1 Å². The average Bonchev–Trinajstić information content (AvgIpc) is 2.86. The highest BCUT2D eigenvalue weighted by atomic mass is 16.6. The van der Waals surface area contributed by atoms with Gasteiger partial charge in [-0.2, -0.15) is 0 Å². The van der Waals surface area contributed by atoms with Crippen LogP contribution in [0.3, 0.4) is 0 Å². The number of hydrogen-bond donors (Lipinski definition) is 1. The fraction of sp³-hybridized carbons (Fsp3) is 0.111. The molecule has 1 atom stereocenters. The summed E-state index contributed by atoms with van der Waals surface area (Å²) in [7, 11) is 0. The third-order valence-electron chi connectivity index (χ3n) is 5.76. The van der Waals surface area contributed by atoms with Crippen LogP contribution in [0.1, 0.15) is 44.3 Å². The lowest BCUT2D eigenvalue weighted by atomic mass is 9.83. The monoisotopic (exact) mass is 453 g/mol. The van der Waals surface area contributed by atoms with Gasteiger partial charge in [-0.25, -0.2) is 4.79 Å². The van der Waals surface area contributed by atoms with E-state index in [4.69, 9.17) is 9.47 Å². The number of carbonyl (C=O) groups is 4. The van der Waals surface area contributed by atoms with Crippen LogP contribution in [0.15, 0.2) is 72.3 Å². The Hall–Kier alpha value is -4.52. The summed E-state index contributed by atoms with van der Waals surface area (Å²) in [6, 6.07) is 18.5. The molecule has 34 heavy (non-hydrogen) atoms. The number of anilines is 1. The van der Waals surface area contributed by atoms with Crippen molar-refractivity contribution in [2.24, 2.45) is 0 Å². The molecule has 168 valence electrons. The number of rotatable bonds is 4. The summed E-state index contributed by atoms with van der Waals surface area (Å²) in [5.74, 6) is -1.27. The van der Waals surface area contributed by atoms with Crippen molar-refractivity contribution in [2.45, 2.75) is 13.0 Å². The molecule has 1 aliphatic heterocycles. The quantitative estimate of drug-likeness (QED) is 0.472. The van der Waals surface area contributed by atoms with Crippen molar-refractivity contribution < 1.29 is 28.7 Å². The summed E-state index contributed by atoms with van der Waals surface area (Å²) in [6.07, 6.45) is 0.518. The van der Waals surface area contributed by atoms with E-state index in [1.165, 1.54) is 6.92 Å². The highest BCUT2D eigenvalue weighted by Gasteiger charge is 2.32. The summed E-state index contributed by atoms with van der Waals surface area (Å²) in [4.78, 5) is 51.4. The lowest BCUT2D eigenvalue weighted by Crippen LogP contribution is -2.32. The fourth-order valence-corrected chi connectivity index (χ4v) is 4.01. The SMILES string of the molecule is CC(OC(=O)C1=Cc2ccccc2OC1)C(=O)Nc1cccc2c1C(=O)c1ccccc1C2=O. The molecule has 0 fully saturated rings.